The molecular weight excluding hydrogens is 230 g/mol. The molecule has 1 aromatic rings. The minimum Gasteiger partial charge on any atom is -0.249 e. The summed E-state index contributed by atoms with van der Waals surface area (Å²) in [6, 6.07) is 0. The third-order valence-corrected chi connectivity index (χ3v) is 2.89. The van der Waals surface area contributed by atoms with Crippen LogP contribution in [0.3, 0.4) is 0 Å². The Labute approximate surface area is 86.5 Å². The Morgan fingerprint density at radius 2 is 2.29 bits per heavy atom. The zero-order valence-corrected chi connectivity index (χ0v) is 9.09. The molecule has 0 saturated heterocycles. The molecule has 0 aliphatic carbocycles. The summed E-state index contributed by atoms with van der Waals surface area (Å²) in [4.78, 5) is 1.17. The first-order chi connectivity index (χ1) is 6.53. The lowest BCUT2D eigenvalue weighted by molar-refractivity contribution is 0.599. The van der Waals surface area contributed by atoms with E-state index in [1.807, 2.05) is 0 Å². The van der Waals surface area contributed by atoms with Crippen molar-refractivity contribution in [2.75, 3.05) is 16.4 Å². The van der Waals surface area contributed by atoms with Crippen LogP contribution in [0, 0.1) is 0 Å². The molecule has 0 spiro atoms. The molecule has 1 rings (SSSR count). The molecule has 0 radical (unpaired) electrons. The van der Waals surface area contributed by atoms with Crippen molar-refractivity contribution in [3.8, 4) is 0 Å². The Hall–Kier alpha value is -0.890. The van der Waals surface area contributed by atoms with E-state index in [9.17, 15) is 8.42 Å². The van der Waals surface area contributed by atoms with Crippen molar-refractivity contribution in [2.24, 2.45) is 7.05 Å². The number of hydrogen-bond donors (Lipinski definition) is 1. The quantitative estimate of drug-likeness (QED) is 0.705. The third-order valence-electron chi connectivity index (χ3n) is 1.30. The number of hydrogen-bond acceptors (Lipinski definition) is 5. The SMILES string of the molecule is Cn1nnc(NS(=O)(=O)CCCCl)n1. The Kier molecular flexibility index (Phi) is 3.64. The number of aryl methyl sites for hydroxylation is 1. The molecule has 0 aromatic carbocycles. The maximum absolute atomic E-state index is 11.3. The molecule has 1 aromatic heterocycles. The number of nitrogens with zero attached hydrogens (tertiary/aromatic N) is 4. The Morgan fingerprint density at radius 1 is 1.57 bits per heavy atom. The maximum Gasteiger partial charge on any atom is 0.276 e. The molecule has 0 bridgehead atoms. The van der Waals surface area contributed by atoms with Gasteiger partial charge in [0.2, 0.25) is 10.0 Å². The summed E-state index contributed by atoms with van der Waals surface area (Å²) in [6.45, 7) is 0. The second-order valence-electron chi connectivity index (χ2n) is 2.57. The second kappa shape index (κ2) is 4.56. The molecule has 9 heteroatoms. The lowest BCUT2D eigenvalue weighted by Gasteiger charge is -2.01. The number of nitrogens with one attached hydrogen (secondary N) is 1. The molecule has 0 fully saturated rings. The zero-order chi connectivity index (χ0) is 10.6. The van der Waals surface area contributed by atoms with Crippen LogP contribution in [0.2, 0.25) is 0 Å². The van der Waals surface area contributed by atoms with Gasteiger partial charge in [0.05, 0.1) is 12.8 Å². The largest absolute Gasteiger partial charge is 0.276 e. The molecular formula is C5H10ClN5O2S. The van der Waals surface area contributed by atoms with Crippen molar-refractivity contribution in [1.29, 1.82) is 0 Å². The van der Waals surface area contributed by atoms with Gasteiger partial charge >= 0.3 is 0 Å². The minimum atomic E-state index is -3.40. The summed E-state index contributed by atoms with van der Waals surface area (Å²) < 4.78 is 24.7. The minimum absolute atomic E-state index is 0.0259. The fraction of sp³-hybridized carbons (Fsp3) is 0.800. The first-order valence-corrected chi connectivity index (χ1v) is 6.02. The van der Waals surface area contributed by atoms with Crippen LogP contribution in [-0.2, 0) is 17.1 Å². The van der Waals surface area contributed by atoms with E-state index in [-0.39, 0.29) is 11.7 Å². The summed E-state index contributed by atoms with van der Waals surface area (Å²) in [5.41, 5.74) is 0. The van der Waals surface area contributed by atoms with Crippen molar-refractivity contribution in [3.05, 3.63) is 0 Å². The van der Waals surface area contributed by atoms with Gasteiger partial charge in [0.25, 0.3) is 5.95 Å². The Bertz CT molecular complexity index is 389. The van der Waals surface area contributed by atoms with Crippen LogP contribution in [-0.4, -0.2) is 40.3 Å². The molecule has 7 nitrogen and oxygen atoms in total. The summed E-state index contributed by atoms with van der Waals surface area (Å²) in [7, 11) is -1.85. The standard InChI is InChI=1S/C5H10ClN5O2S/c1-11-8-5(7-10-11)9-14(12,13)4-2-3-6/h2-4H2,1H3,(H,8,9). The number of sulfonamides is 1. The van der Waals surface area contributed by atoms with Crippen LogP contribution < -0.4 is 4.72 Å². The van der Waals surface area contributed by atoms with Gasteiger partial charge in [-0.15, -0.1) is 16.7 Å². The van der Waals surface area contributed by atoms with E-state index in [2.05, 4.69) is 20.1 Å². The van der Waals surface area contributed by atoms with Crippen molar-refractivity contribution < 1.29 is 8.42 Å². The van der Waals surface area contributed by atoms with Gasteiger partial charge in [0.15, 0.2) is 0 Å². The summed E-state index contributed by atoms with van der Waals surface area (Å²) in [6.07, 6.45) is 0.386. The highest BCUT2D eigenvalue weighted by atomic mass is 35.5. The van der Waals surface area contributed by atoms with Crippen LogP contribution in [0.15, 0.2) is 0 Å². The number of aromatic nitrogens is 4. The lowest BCUT2D eigenvalue weighted by Crippen LogP contribution is -2.18. The number of alkyl halides is 1. The molecule has 0 aliphatic rings. The van der Waals surface area contributed by atoms with E-state index >= 15 is 0 Å². The highest BCUT2D eigenvalue weighted by molar-refractivity contribution is 7.92. The van der Waals surface area contributed by atoms with Gasteiger partial charge in [0.1, 0.15) is 0 Å². The number of halogens is 1. The molecule has 0 saturated carbocycles. The van der Waals surface area contributed by atoms with Crippen LogP contribution in [0.5, 0.6) is 0 Å². The van der Waals surface area contributed by atoms with Crippen molar-refractivity contribution >= 4 is 27.6 Å². The summed E-state index contributed by atoms with van der Waals surface area (Å²) in [5, 5.41) is 10.6. The summed E-state index contributed by atoms with van der Waals surface area (Å²) in [5.74, 6) is 0.228. The normalized spacial score (nSPS) is 11.6. The number of tetrazole rings is 1. The van der Waals surface area contributed by atoms with Gasteiger partial charge < -0.3 is 0 Å². The molecule has 0 atom stereocenters. The third kappa shape index (κ3) is 3.46. The zero-order valence-electron chi connectivity index (χ0n) is 7.51. The predicted molar refractivity (Wildman–Crippen MR) is 51.5 cm³/mol. The van der Waals surface area contributed by atoms with E-state index in [0.29, 0.717) is 12.3 Å². The molecule has 1 heterocycles. The van der Waals surface area contributed by atoms with E-state index < -0.39 is 10.0 Å². The monoisotopic (exact) mass is 239 g/mol. The molecule has 0 aliphatic heterocycles. The Balaban J connectivity index is 2.59. The number of anilines is 1. The first kappa shape index (κ1) is 11.2. The fourth-order valence-electron chi connectivity index (χ4n) is 0.760. The highest BCUT2D eigenvalue weighted by Gasteiger charge is 2.12. The Morgan fingerprint density at radius 3 is 2.79 bits per heavy atom. The average Bonchev–Trinajstić information content (AvgIpc) is 2.47. The van der Waals surface area contributed by atoms with Gasteiger partial charge in [-0.05, 0) is 11.6 Å². The van der Waals surface area contributed by atoms with Crippen molar-refractivity contribution in [2.45, 2.75) is 6.42 Å². The maximum atomic E-state index is 11.3. The van der Waals surface area contributed by atoms with E-state index in [0.717, 1.165) is 0 Å². The first-order valence-electron chi connectivity index (χ1n) is 3.84. The smallest absolute Gasteiger partial charge is 0.249 e. The van der Waals surface area contributed by atoms with Gasteiger partial charge in [0, 0.05) is 5.88 Å². The predicted octanol–water partition coefficient (Wildman–Crippen LogP) is -0.419. The van der Waals surface area contributed by atoms with Crippen LogP contribution >= 0.6 is 11.6 Å². The number of rotatable bonds is 5. The average molecular weight is 240 g/mol. The van der Waals surface area contributed by atoms with Crippen molar-refractivity contribution in [3.63, 3.8) is 0 Å². The van der Waals surface area contributed by atoms with E-state index in [1.165, 1.54) is 4.80 Å². The summed E-state index contributed by atoms with van der Waals surface area (Å²) >= 11 is 5.37. The topological polar surface area (TPSA) is 89.8 Å². The van der Waals surface area contributed by atoms with Gasteiger partial charge in [-0.25, -0.2) is 13.1 Å². The van der Waals surface area contributed by atoms with Gasteiger partial charge in [-0.2, -0.15) is 4.80 Å². The van der Waals surface area contributed by atoms with E-state index in [4.69, 9.17) is 11.6 Å². The fourth-order valence-corrected chi connectivity index (χ4v) is 2.04. The molecule has 14 heavy (non-hydrogen) atoms. The molecule has 1 N–H and O–H groups in total. The lowest BCUT2D eigenvalue weighted by atomic mass is 10.6. The molecule has 0 unspecified atom stereocenters. The van der Waals surface area contributed by atoms with E-state index in [1.54, 1.807) is 7.05 Å². The van der Waals surface area contributed by atoms with Crippen LogP contribution in [0.4, 0.5) is 5.95 Å². The van der Waals surface area contributed by atoms with Gasteiger partial charge in [-0.3, -0.25) is 0 Å². The highest BCUT2D eigenvalue weighted by Crippen LogP contribution is 2.00. The van der Waals surface area contributed by atoms with Crippen LogP contribution in [0.25, 0.3) is 0 Å². The van der Waals surface area contributed by atoms with Crippen LogP contribution in [0.1, 0.15) is 6.42 Å². The molecule has 80 valence electrons. The van der Waals surface area contributed by atoms with Gasteiger partial charge in [-0.1, -0.05) is 5.10 Å². The second-order valence-corrected chi connectivity index (χ2v) is 4.79. The van der Waals surface area contributed by atoms with Crippen molar-refractivity contribution in [1.82, 2.24) is 20.2 Å². The molecule has 0 amide bonds.